The van der Waals surface area contributed by atoms with Gasteiger partial charge in [-0.25, -0.2) is 0 Å². The fourth-order valence-corrected chi connectivity index (χ4v) is 4.11. The summed E-state index contributed by atoms with van der Waals surface area (Å²) in [4.78, 5) is 16.1. The van der Waals surface area contributed by atoms with Crippen molar-refractivity contribution in [1.29, 1.82) is 0 Å². The van der Waals surface area contributed by atoms with E-state index in [1.807, 2.05) is 25.2 Å². The first kappa shape index (κ1) is 17.2. The standard InChI is InChI=1S/C18H25N3O2S/c1-12(21-8-6-17-15(11-21)7-9-24-17)10-19-18(22)5-4-16-13(2)20-23-14(16)3/h7,9,12H,4-6,8,10-11H2,1-3H3,(H,19,22). The van der Waals surface area contributed by atoms with Gasteiger partial charge in [0.2, 0.25) is 5.91 Å². The minimum atomic E-state index is 0.0927. The lowest BCUT2D eigenvalue weighted by atomic mass is 10.1. The minimum Gasteiger partial charge on any atom is -0.361 e. The predicted octanol–water partition coefficient (Wildman–Crippen LogP) is 2.85. The van der Waals surface area contributed by atoms with Crippen LogP contribution in [0.2, 0.25) is 0 Å². The average Bonchev–Trinajstić information content (AvgIpc) is 3.17. The van der Waals surface area contributed by atoms with Gasteiger partial charge < -0.3 is 9.84 Å². The van der Waals surface area contributed by atoms with Crippen LogP contribution in [0, 0.1) is 13.8 Å². The van der Waals surface area contributed by atoms with Gasteiger partial charge in [-0.15, -0.1) is 11.3 Å². The summed E-state index contributed by atoms with van der Waals surface area (Å²) in [6.45, 7) is 8.76. The lowest BCUT2D eigenvalue weighted by molar-refractivity contribution is -0.121. The number of carbonyl (C=O) groups excluding carboxylic acids is 1. The highest BCUT2D eigenvalue weighted by Crippen LogP contribution is 2.25. The van der Waals surface area contributed by atoms with E-state index < -0.39 is 0 Å². The minimum absolute atomic E-state index is 0.0927. The summed E-state index contributed by atoms with van der Waals surface area (Å²) in [7, 11) is 0. The molecule has 6 heteroatoms. The SMILES string of the molecule is Cc1noc(C)c1CCC(=O)NCC(C)N1CCc2sccc2C1. The van der Waals surface area contributed by atoms with Crippen LogP contribution in [0.5, 0.6) is 0 Å². The Kier molecular flexibility index (Phi) is 5.36. The molecule has 3 rings (SSSR count). The maximum atomic E-state index is 12.1. The molecule has 0 aliphatic carbocycles. The lowest BCUT2D eigenvalue weighted by Crippen LogP contribution is -2.44. The highest BCUT2D eigenvalue weighted by atomic mass is 32.1. The van der Waals surface area contributed by atoms with Crippen LogP contribution >= 0.6 is 11.3 Å². The topological polar surface area (TPSA) is 58.4 Å². The van der Waals surface area contributed by atoms with Gasteiger partial charge in [-0.3, -0.25) is 9.69 Å². The second-order valence-corrected chi connectivity index (χ2v) is 7.55. The molecule has 3 heterocycles. The highest BCUT2D eigenvalue weighted by molar-refractivity contribution is 7.10. The summed E-state index contributed by atoms with van der Waals surface area (Å²) in [5, 5.41) is 9.18. The van der Waals surface area contributed by atoms with E-state index in [0.29, 0.717) is 25.4 Å². The van der Waals surface area contributed by atoms with Crippen molar-refractivity contribution in [3.63, 3.8) is 0 Å². The summed E-state index contributed by atoms with van der Waals surface area (Å²) >= 11 is 1.86. The maximum Gasteiger partial charge on any atom is 0.220 e. The molecular weight excluding hydrogens is 322 g/mol. The van der Waals surface area contributed by atoms with Gasteiger partial charge in [0.05, 0.1) is 5.69 Å². The number of aromatic nitrogens is 1. The van der Waals surface area contributed by atoms with Crippen molar-refractivity contribution in [3.05, 3.63) is 38.9 Å². The number of fused-ring (bicyclic) bond motifs is 1. The Bertz CT molecular complexity index is 687. The number of rotatable bonds is 6. The van der Waals surface area contributed by atoms with Crippen LogP contribution in [0.1, 0.15) is 40.8 Å². The van der Waals surface area contributed by atoms with Gasteiger partial charge in [0.25, 0.3) is 0 Å². The Labute approximate surface area is 147 Å². The van der Waals surface area contributed by atoms with E-state index in [1.54, 1.807) is 0 Å². The second kappa shape index (κ2) is 7.49. The molecular formula is C18H25N3O2S. The first-order valence-electron chi connectivity index (χ1n) is 8.52. The van der Waals surface area contributed by atoms with Crippen LogP contribution in [-0.4, -0.2) is 35.1 Å². The largest absolute Gasteiger partial charge is 0.361 e. The molecule has 5 nitrogen and oxygen atoms in total. The smallest absolute Gasteiger partial charge is 0.220 e. The second-order valence-electron chi connectivity index (χ2n) is 6.55. The summed E-state index contributed by atoms with van der Waals surface area (Å²) in [6, 6.07) is 2.57. The summed E-state index contributed by atoms with van der Waals surface area (Å²) in [6.07, 6.45) is 2.28. The molecule has 0 aromatic carbocycles. The normalized spacial score (nSPS) is 16.0. The summed E-state index contributed by atoms with van der Waals surface area (Å²) in [5.74, 6) is 0.906. The number of amides is 1. The van der Waals surface area contributed by atoms with Gasteiger partial charge in [-0.2, -0.15) is 0 Å². The van der Waals surface area contributed by atoms with Crippen molar-refractivity contribution in [1.82, 2.24) is 15.4 Å². The molecule has 1 atom stereocenters. The monoisotopic (exact) mass is 347 g/mol. The fourth-order valence-electron chi connectivity index (χ4n) is 3.22. The number of nitrogens with one attached hydrogen (secondary N) is 1. The highest BCUT2D eigenvalue weighted by Gasteiger charge is 2.21. The fraction of sp³-hybridized carbons (Fsp3) is 0.556. The van der Waals surface area contributed by atoms with Crippen molar-refractivity contribution >= 4 is 17.2 Å². The molecule has 0 bridgehead atoms. The number of hydrogen-bond acceptors (Lipinski definition) is 5. The molecule has 2 aromatic heterocycles. The molecule has 1 unspecified atom stereocenters. The molecule has 0 fully saturated rings. The molecule has 1 aliphatic rings. The van der Waals surface area contributed by atoms with E-state index in [2.05, 4.69) is 33.7 Å². The van der Waals surface area contributed by atoms with Gasteiger partial charge in [0, 0.05) is 42.5 Å². The third kappa shape index (κ3) is 3.87. The van der Waals surface area contributed by atoms with Gasteiger partial charge in [-0.05, 0) is 50.6 Å². The maximum absolute atomic E-state index is 12.1. The van der Waals surface area contributed by atoms with Crippen LogP contribution in [0.25, 0.3) is 0 Å². The van der Waals surface area contributed by atoms with Gasteiger partial charge >= 0.3 is 0 Å². The first-order valence-corrected chi connectivity index (χ1v) is 9.40. The third-order valence-electron chi connectivity index (χ3n) is 4.84. The molecule has 2 aromatic rings. The zero-order valence-electron chi connectivity index (χ0n) is 14.6. The van der Waals surface area contributed by atoms with Crippen LogP contribution < -0.4 is 5.32 Å². The Morgan fingerprint density at radius 1 is 1.50 bits per heavy atom. The van der Waals surface area contributed by atoms with Crippen molar-refractivity contribution in [2.75, 3.05) is 13.1 Å². The third-order valence-corrected chi connectivity index (χ3v) is 5.86. The van der Waals surface area contributed by atoms with Gasteiger partial charge in [0.1, 0.15) is 5.76 Å². The van der Waals surface area contributed by atoms with E-state index in [0.717, 1.165) is 36.5 Å². The molecule has 24 heavy (non-hydrogen) atoms. The van der Waals surface area contributed by atoms with E-state index in [9.17, 15) is 4.79 Å². The Balaban J connectivity index is 1.43. The van der Waals surface area contributed by atoms with Crippen LogP contribution in [0.3, 0.4) is 0 Å². The van der Waals surface area contributed by atoms with Gasteiger partial charge in [0.15, 0.2) is 0 Å². The molecule has 1 N–H and O–H groups in total. The lowest BCUT2D eigenvalue weighted by Gasteiger charge is -2.32. The van der Waals surface area contributed by atoms with Crippen LogP contribution in [0.4, 0.5) is 0 Å². The molecule has 130 valence electrons. The summed E-state index contributed by atoms with van der Waals surface area (Å²) < 4.78 is 5.14. The number of thiophene rings is 1. The first-order chi connectivity index (χ1) is 11.5. The van der Waals surface area contributed by atoms with Crippen LogP contribution in [-0.2, 0) is 24.2 Å². The van der Waals surface area contributed by atoms with Crippen molar-refractivity contribution in [3.8, 4) is 0 Å². The summed E-state index contributed by atoms with van der Waals surface area (Å²) in [5.41, 5.74) is 3.38. The predicted molar refractivity (Wildman–Crippen MR) is 95.2 cm³/mol. The van der Waals surface area contributed by atoms with E-state index in [1.165, 1.54) is 10.4 Å². The molecule has 0 saturated heterocycles. The Morgan fingerprint density at radius 2 is 2.33 bits per heavy atom. The van der Waals surface area contributed by atoms with Crippen LogP contribution in [0.15, 0.2) is 16.0 Å². The van der Waals surface area contributed by atoms with Crippen molar-refractivity contribution in [2.24, 2.45) is 0 Å². The van der Waals surface area contributed by atoms with E-state index in [4.69, 9.17) is 4.52 Å². The number of nitrogens with zero attached hydrogens (tertiary/aromatic N) is 2. The van der Waals surface area contributed by atoms with Crippen molar-refractivity contribution < 1.29 is 9.32 Å². The molecule has 1 aliphatic heterocycles. The number of hydrogen-bond donors (Lipinski definition) is 1. The number of aryl methyl sites for hydroxylation is 2. The molecule has 0 radical (unpaired) electrons. The average molecular weight is 347 g/mol. The molecule has 0 spiro atoms. The van der Waals surface area contributed by atoms with E-state index in [-0.39, 0.29) is 5.91 Å². The van der Waals surface area contributed by atoms with Crippen molar-refractivity contribution in [2.45, 2.75) is 52.6 Å². The Morgan fingerprint density at radius 3 is 3.08 bits per heavy atom. The zero-order chi connectivity index (χ0) is 17.1. The molecule has 0 saturated carbocycles. The van der Waals surface area contributed by atoms with Gasteiger partial charge in [-0.1, -0.05) is 5.16 Å². The zero-order valence-corrected chi connectivity index (χ0v) is 15.4. The Hall–Kier alpha value is -1.66. The van der Waals surface area contributed by atoms with E-state index >= 15 is 0 Å². The quantitative estimate of drug-likeness (QED) is 0.873. The number of carbonyl (C=O) groups is 1. The molecule has 1 amide bonds.